The van der Waals surface area contributed by atoms with Crippen LogP contribution in [0.25, 0.3) is 11.0 Å². The Morgan fingerprint density at radius 2 is 2.38 bits per heavy atom. The van der Waals surface area contributed by atoms with Crippen LogP contribution in [0.2, 0.25) is 0 Å². The lowest BCUT2D eigenvalue weighted by Crippen LogP contribution is -2.33. The van der Waals surface area contributed by atoms with E-state index in [1.165, 1.54) is 12.3 Å². The minimum Gasteiger partial charge on any atom is -0.369 e. The number of aromatic amines is 1. The molecule has 0 radical (unpaired) electrons. The number of hydrogen-bond acceptors (Lipinski definition) is 3. The van der Waals surface area contributed by atoms with Crippen molar-refractivity contribution in [2.75, 3.05) is 19.7 Å². The molecule has 1 atom stereocenters. The molecule has 0 spiro atoms. The van der Waals surface area contributed by atoms with Crippen molar-refractivity contribution in [1.29, 1.82) is 0 Å². The summed E-state index contributed by atoms with van der Waals surface area (Å²) in [7, 11) is 0. The minimum absolute atomic E-state index is 0.00557. The van der Waals surface area contributed by atoms with Gasteiger partial charge in [-0.15, -0.1) is 0 Å². The molecule has 0 saturated carbocycles. The van der Waals surface area contributed by atoms with Crippen LogP contribution in [-0.2, 0) is 4.74 Å². The summed E-state index contributed by atoms with van der Waals surface area (Å²) < 4.78 is 18.6. The third-order valence-corrected chi connectivity index (χ3v) is 2.73. The van der Waals surface area contributed by atoms with Crippen molar-refractivity contribution < 1.29 is 9.13 Å². The Balaban J connectivity index is 1.97. The molecule has 4 nitrogen and oxygen atoms in total. The van der Waals surface area contributed by atoms with Crippen molar-refractivity contribution in [2.24, 2.45) is 0 Å². The number of nitrogens with zero attached hydrogens (tertiary/aromatic N) is 1. The van der Waals surface area contributed by atoms with Crippen molar-refractivity contribution in [1.82, 2.24) is 15.3 Å². The highest BCUT2D eigenvalue weighted by Crippen LogP contribution is 2.22. The maximum Gasteiger partial charge on any atom is 0.142 e. The summed E-state index contributed by atoms with van der Waals surface area (Å²) >= 11 is 0. The van der Waals surface area contributed by atoms with Gasteiger partial charge in [-0.05, 0) is 12.1 Å². The van der Waals surface area contributed by atoms with E-state index in [2.05, 4.69) is 15.3 Å². The molecule has 2 aromatic heterocycles. The topological polar surface area (TPSA) is 49.9 Å². The van der Waals surface area contributed by atoms with E-state index in [4.69, 9.17) is 4.74 Å². The number of nitrogens with one attached hydrogen (secondary N) is 2. The highest BCUT2D eigenvalue weighted by Gasteiger charge is 2.17. The van der Waals surface area contributed by atoms with E-state index < -0.39 is 0 Å². The molecule has 2 N–H and O–H groups in total. The van der Waals surface area contributed by atoms with E-state index in [9.17, 15) is 4.39 Å². The zero-order valence-corrected chi connectivity index (χ0v) is 8.66. The summed E-state index contributed by atoms with van der Waals surface area (Å²) in [5, 5.41) is 4.03. The van der Waals surface area contributed by atoms with E-state index in [1.807, 2.05) is 6.07 Å². The van der Waals surface area contributed by atoms with E-state index in [-0.39, 0.29) is 11.9 Å². The number of halogens is 1. The number of morpholine rings is 1. The van der Waals surface area contributed by atoms with Crippen LogP contribution in [0.4, 0.5) is 4.39 Å². The Morgan fingerprint density at radius 1 is 1.44 bits per heavy atom. The van der Waals surface area contributed by atoms with Crippen LogP contribution in [-0.4, -0.2) is 29.7 Å². The number of H-pyrrole nitrogens is 1. The number of rotatable bonds is 1. The molecule has 84 valence electrons. The molecule has 1 unspecified atom stereocenters. The number of hydrogen-bond donors (Lipinski definition) is 2. The Labute approximate surface area is 91.8 Å². The van der Waals surface area contributed by atoms with Crippen molar-refractivity contribution in [2.45, 2.75) is 6.10 Å². The molecule has 3 rings (SSSR count). The van der Waals surface area contributed by atoms with Gasteiger partial charge in [0.1, 0.15) is 17.6 Å². The molecule has 1 saturated heterocycles. The second kappa shape index (κ2) is 3.84. The van der Waals surface area contributed by atoms with Gasteiger partial charge in [0, 0.05) is 24.2 Å². The van der Waals surface area contributed by atoms with Crippen LogP contribution in [0.3, 0.4) is 0 Å². The fraction of sp³-hybridized carbons (Fsp3) is 0.364. The predicted molar refractivity (Wildman–Crippen MR) is 57.6 cm³/mol. The van der Waals surface area contributed by atoms with Gasteiger partial charge in [-0.2, -0.15) is 0 Å². The monoisotopic (exact) mass is 221 g/mol. The zero-order valence-electron chi connectivity index (χ0n) is 8.66. The van der Waals surface area contributed by atoms with Gasteiger partial charge in [0.05, 0.1) is 12.8 Å². The molecule has 5 heteroatoms. The highest BCUT2D eigenvalue weighted by atomic mass is 19.1. The maximum atomic E-state index is 13.0. The van der Waals surface area contributed by atoms with Gasteiger partial charge in [-0.25, -0.2) is 9.37 Å². The average molecular weight is 221 g/mol. The van der Waals surface area contributed by atoms with Crippen LogP contribution >= 0.6 is 0 Å². The molecule has 0 bridgehead atoms. The first-order chi connectivity index (χ1) is 7.83. The largest absolute Gasteiger partial charge is 0.369 e. The summed E-state index contributed by atoms with van der Waals surface area (Å²) in [6.45, 7) is 2.35. The Morgan fingerprint density at radius 3 is 3.19 bits per heavy atom. The molecule has 0 amide bonds. The van der Waals surface area contributed by atoms with Crippen molar-refractivity contribution in [3.8, 4) is 0 Å². The maximum absolute atomic E-state index is 13.0. The lowest BCUT2D eigenvalue weighted by Gasteiger charge is -2.22. The Bertz CT molecular complexity index is 505. The minimum atomic E-state index is -0.319. The van der Waals surface area contributed by atoms with Gasteiger partial charge in [0.15, 0.2) is 0 Å². The Hall–Kier alpha value is -1.46. The fourth-order valence-electron chi connectivity index (χ4n) is 1.95. The first kappa shape index (κ1) is 9.74. The van der Waals surface area contributed by atoms with Crippen molar-refractivity contribution in [3.63, 3.8) is 0 Å². The van der Waals surface area contributed by atoms with Gasteiger partial charge in [-0.1, -0.05) is 0 Å². The Kier molecular flexibility index (Phi) is 2.34. The molecule has 1 aliphatic heterocycles. The van der Waals surface area contributed by atoms with Crippen LogP contribution in [0.5, 0.6) is 0 Å². The van der Waals surface area contributed by atoms with Crippen molar-refractivity contribution in [3.05, 3.63) is 29.8 Å². The van der Waals surface area contributed by atoms with Gasteiger partial charge in [0.2, 0.25) is 0 Å². The molecular weight excluding hydrogens is 209 g/mol. The van der Waals surface area contributed by atoms with Crippen LogP contribution < -0.4 is 5.32 Å². The number of pyridine rings is 1. The predicted octanol–water partition coefficient (Wildman–Crippen LogP) is 1.36. The van der Waals surface area contributed by atoms with E-state index in [0.717, 1.165) is 24.2 Å². The molecule has 1 aliphatic rings. The first-order valence-corrected chi connectivity index (χ1v) is 5.29. The second-order valence-corrected chi connectivity index (χ2v) is 3.88. The summed E-state index contributed by atoms with van der Waals surface area (Å²) in [6.07, 6.45) is 1.22. The molecule has 16 heavy (non-hydrogen) atoms. The van der Waals surface area contributed by atoms with E-state index >= 15 is 0 Å². The third kappa shape index (κ3) is 1.68. The molecule has 2 aromatic rings. The normalized spacial score (nSPS) is 21.4. The first-order valence-electron chi connectivity index (χ1n) is 5.29. The standard InChI is InChI=1S/C11H12FN3O/c12-8-3-7-4-9(15-11(7)14-5-8)10-6-13-1-2-16-10/h3-5,10,13H,1-2,6H2,(H,14,15). The summed E-state index contributed by atoms with van der Waals surface area (Å²) in [4.78, 5) is 7.14. The third-order valence-electron chi connectivity index (χ3n) is 2.73. The molecule has 3 heterocycles. The van der Waals surface area contributed by atoms with E-state index in [0.29, 0.717) is 12.3 Å². The average Bonchev–Trinajstić information content (AvgIpc) is 2.73. The number of fused-ring (bicyclic) bond motifs is 1. The van der Waals surface area contributed by atoms with E-state index in [1.54, 1.807) is 0 Å². The summed E-state index contributed by atoms with van der Waals surface area (Å²) in [6, 6.07) is 3.36. The summed E-state index contributed by atoms with van der Waals surface area (Å²) in [5.74, 6) is -0.319. The number of ether oxygens (including phenoxy) is 1. The summed E-state index contributed by atoms with van der Waals surface area (Å²) in [5.41, 5.74) is 1.64. The van der Waals surface area contributed by atoms with Gasteiger partial charge in [0.25, 0.3) is 0 Å². The van der Waals surface area contributed by atoms with Crippen LogP contribution in [0.15, 0.2) is 18.3 Å². The molecule has 0 aliphatic carbocycles. The quantitative estimate of drug-likeness (QED) is 0.764. The smallest absolute Gasteiger partial charge is 0.142 e. The highest BCUT2D eigenvalue weighted by molar-refractivity contribution is 5.76. The fourth-order valence-corrected chi connectivity index (χ4v) is 1.95. The SMILES string of the molecule is Fc1cnc2[nH]c(C3CNCCO3)cc2c1. The molecule has 0 aromatic carbocycles. The van der Waals surface area contributed by atoms with Gasteiger partial charge < -0.3 is 15.0 Å². The number of aromatic nitrogens is 2. The van der Waals surface area contributed by atoms with Crippen LogP contribution in [0.1, 0.15) is 11.8 Å². The van der Waals surface area contributed by atoms with Gasteiger partial charge in [-0.3, -0.25) is 0 Å². The molecule has 1 fully saturated rings. The zero-order chi connectivity index (χ0) is 11.0. The molecular formula is C11H12FN3O. The lowest BCUT2D eigenvalue weighted by atomic mass is 10.2. The second-order valence-electron chi connectivity index (χ2n) is 3.88. The lowest BCUT2D eigenvalue weighted by molar-refractivity contribution is 0.0255. The van der Waals surface area contributed by atoms with Crippen LogP contribution in [0, 0.1) is 5.82 Å². The van der Waals surface area contributed by atoms with Crippen molar-refractivity contribution >= 4 is 11.0 Å². The van der Waals surface area contributed by atoms with Gasteiger partial charge >= 0.3 is 0 Å².